The minimum Gasteiger partial charge on any atom is -0.466 e. The number of hydrogen-bond acceptors (Lipinski definition) is 4. The molecular weight excluding hydrogens is 308 g/mol. The van der Waals surface area contributed by atoms with E-state index in [0.717, 1.165) is 0 Å². The SMILES string of the molecule is CCOC(=CC(=O)c1c(C)n(C)n(-c2ccccc2)c1=O)OCC. The van der Waals surface area contributed by atoms with Gasteiger partial charge in [0.05, 0.1) is 25.0 Å². The van der Waals surface area contributed by atoms with Crippen LogP contribution in [0.5, 0.6) is 0 Å². The van der Waals surface area contributed by atoms with Gasteiger partial charge in [0.25, 0.3) is 11.5 Å². The van der Waals surface area contributed by atoms with Crippen LogP contribution >= 0.6 is 0 Å². The Bertz CT molecular complexity index is 792. The first-order chi connectivity index (χ1) is 11.5. The van der Waals surface area contributed by atoms with E-state index in [1.54, 1.807) is 32.5 Å². The van der Waals surface area contributed by atoms with Gasteiger partial charge >= 0.3 is 0 Å². The van der Waals surface area contributed by atoms with Gasteiger partial charge in [0.15, 0.2) is 5.78 Å². The number of para-hydroxylation sites is 1. The van der Waals surface area contributed by atoms with Gasteiger partial charge in [-0.05, 0) is 32.9 Å². The summed E-state index contributed by atoms with van der Waals surface area (Å²) >= 11 is 0. The van der Waals surface area contributed by atoms with Crippen LogP contribution in [0.15, 0.2) is 47.1 Å². The van der Waals surface area contributed by atoms with Gasteiger partial charge < -0.3 is 9.47 Å². The smallest absolute Gasteiger partial charge is 0.283 e. The number of benzene rings is 1. The predicted molar refractivity (Wildman–Crippen MR) is 91.4 cm³/mol. The Morgan fingerprint density at radius 2 is 1.71 bits per heavy atom. The van der Waals surface area contributed by atoms with Crippen molar-refractivity contribution in [1.29, 1.82) is 0 Å². The van der Waals surface area contributed by atoms with E-state index < -0.39 is 5.78 Å². The topological polar surface area (TPSA) is 62.5 Å². The van der Waals surface area contributed by atoms with Gasteiger partial charge in [-0.3, -0.25) is 14.3 Å². The summed E-state index contributed by atoms with van der Waals surface area (Å²) in [5.41, 5.74) is 1.02. The lowest BCUT2D eigenvalue weighted by molar-refractivity contribution is 0.0453. The molecular formula is C18H22N2O4. The summed E-state index contributed by atoms with van der Waals surface area (Å²) in [4.78, 5) is 25.3. The highest BCUT2D eigenvalue weighted by atomic mass is 16.7. The van der Waals surface area contributed by atoms with Gasteiger partial charge in [-0.25, -0.2) is 4.68 Å². The van der Waals surface area contributed by atoms with E-state index in [9.17, 15) is 9.59 Å². The van der Waals surface area contributed by atoms with Crippen LogP contribution in [0.2, 0.25) is 0 Å². The molecule has 0 radical (unpaired) electrons. The summed E-state index contributed by atoms with van der Waals surface area (Å²) in [5, 5.41) is 0. The standard InChI is InChI=1S/C18H22N2O4/c1-5-23-16(24-6-2)12-15(21)17-13(3)19(4)20(18(17)22)14-10-8-7-9-11-14/h7-12H,5-6H2,1-4H3. The maximum Gasteiger partial charge on any atom is 0.283 e. The Morgan fingerprint density at radius 1 is 1.12 bits per heavy atom. The summed E-state index contributed by atoms with van der Waals surface area (Å²) in [6.45, 7) is 6.09. The quantitative estimate of drug-likeness (QED) is 0.445. The van der Waals surface area contributed by atoms with Crippen LogP contribution in [0.4, 0.5) is 0 Å². The second-order valence-electron chi connectivity index (χ2n) is 5.13. The lowest BCUT2D eigenvalue weighted by Gasteiger charge is -2.08. The normalized spacial score (nSPS) is 10.3. The molecule has 0 N–H and O–H groups in total. The first-order valence-electron chi connectivity index (χ1n) is 7.86. The van der Waals surface area contributed by atoms with Crippen molar-refractivity contribution in [3.05, 3.63) is 64.0 Å². The van der Waals surface area contributed by atoms with Crippen molar-refractivity contribution in [2.24, 2.45) is 7.05 Å². The maximum atomic E-state index is 12.8. The monoisotopic (exact) mass is 330 g/mol. The lowest BCUT2D eigenvalue weighted by atomic mass is 10.1. The highest BCUT2D eigenvalue weighted by molar-refractivity contribution is 6.05. The zero-order chi connectivity index (χ0) is 17.7. The van der Waals surface area contributed by atoms with Crippen molar-refractivity contribution in [1.82, 2.24) is 9.36 Å². The third-order valence-electron chi connectivity index (χ3n) is 3.62. The number of ketones is 1. The summed E-state index contributed by atoms with van der Waals surface area (Å²) in [6, 6.07) is 9.19. The van der Waals surface area contributed by atoms with Gasteiger partial charge in [0, 0.05) is 12.7 Å². The van der Waals surface area contributed by atoms with Crippen molar-refractivity contribution in [3.8, 4) is 5.69 Å². The molecule has 1 aromatic heterocycles. The largest absolute Gasteiger partial charge is 0.466 e. The molecule has 0 unspecified atom stereocenters. The Morgan fingerprint density at radius 3 is 2.25 bits per heavy atom. The molecule has 0 spiro atoms. The Kier molecular flexibility index (Phi) is 5.63. The van der Waals surface area contributed by atoms with Crippen LogP contribution in [0.25, 0.3) is 5.69 Å². The van der Waals surface area contributed by atoms with Crippen molar-refractivity contribution < 1.29 is 14.3 Å². The summed E-state index contributed by atoms with van der Waals surface area (Å²) in [5.74, 6) is -0.307. The molecule has 0 aliphatic carbocycles. The molecule has 0 saturated heterocycles. The van der Waals surface area contributed by atoms with Crippen LogP contribution in [0.1, 0.15) is 29.9 Å². The molecule has 6 heteroatoms. The summed E-state index contributed by atoms with van der Waals surface area (Å²) in [7, 11) is 1.75. The van der Waals surface area contributed by atoms with Crippen molar-refractivity contribution in [2.75, 3.05) is 13.2 Å². The average molecular weight is 330 g/mol. The van der Waals surface area contributed by atoms with Crippen LogP contribution < -0.4 is 5.56 Å². The highest BCUT2D eigenvalue weighted by Gasteiger charge is 2.21. The zero-order valence-corrected chi connectivity index (χ0v) is 14.4. The van der Waals surface area contributed by atoms with Crippen molar-refractivity contribution in [2.45, 2.75) is 20.8 Å². The minimum absolute atomic E-state index is 0.109. The first-order valence-corrected chi connectivity index (χ1v) is 7.86. The van der Waals surface area contributed by atoms with E-state index >= 15 is 0 Å². The molecule has 6 nitrogen and oxygen atoms in total. The van der Waals surface area contributed by atoms with Crippen LogP contribution in [0, 0.1) is 6.92 Å². The Balaban J connectivity index is 2.51. The van der Waals surface area contributed by atoms with Crippen molar-refractivity contribution >= 4 is 5.78 Å². The van der Waals surface area contributed by atoms with E-state index in [-0.39, 0.29) is 17.1 Å². The molecule has 2 aromatic rings. The Labute approximate surface area is 140 Å². The number of rotatable bonds is 7. The van der Waals surface area contributed by atoms with E-state index in [4.69, 9.17) is 9.47 Å². The lowest BCUT2D eigenvalue weighted by Crippen LogP contribution is -2.22. The Hall–Kier alpha value is -2.76. The van der Waals surface area contributed by atoms with Gasteiger partial charge in [-0.15, -0.1) is 0 Å². The van der Waals surface area contributed by atoms with Gasteiger partial charge in [0.2, 0.25) is 0 Å². The van der Waals surface area contributed by atoms with Crippen molar-refractivity contribution in [3.63, 3.8) is 0 Å². The molecule has 0 saturated carbocycles. The minimum atomic E-state index is -0.431. The number of aromatic nitrogens is 2. The number of nitrogens with zero attached hydrogens (tertiary/aromatic N) is 2. The van der Waals surface area contributed by atoms with E-state index in [1.807, 2.05) is 30.3 Å². The molecule has 128 valence electrons. The van der Waals surface area contributed by atoms with Crippen LogP contribution in [-0.2, 0) is 16.5 Å². The number of hydrogen-bond donors (Lipinski definition) is 0. The molecule has 0 bridgehead atoms. The predicted octanol–water partition coefficient (Wildman–Crippen LogP) is 2.58. The van der Waals surface area contributed by atoms with Crippen LogP contribution in [-0.4, -0.2) is 28.4 Å². The average Bonchev–Trinajstić information content (AvgIpc) is 2.78. The molecule has 24 heavy (non-hydrogen) atoms. The molecule has 0 atom stereocenters. The van der Waals surface area contributed by atoms with Crippen LogP contribution in [0.3, 0.4) is 0 Å². The fraction of sp³-hybridized carbons (Fsp3) is 0.333. The molecule has 0 aliphatic rings. The zero-order valence-electron chi connectivity index (χ0n) is 14.4. The van der Waals surface area contributed by atoms with Gasteiger partial charge in [0.1, 0.15) is 5.56 Å². The molecule has 0 fully saturated rings. The summed E-state index contributed by atoms with van der Waals surface area (Å²) < 4.78 is 13.7. The first kappa shape index (κ1) is 17.6. The second-order valence-corrected chi connectivity index (χ2v) is 5.13. The fourth-order valence-corrected chi connectivity index (χ4v) is 2.44. The third kappa shape index (κ3) is 3.42. The van der Waals surface area contributed by atoms with Gasteiger partial charge in [-0.2, -0.15) is 0 Å². The molecule has 0 amide bonds. The number of allylic oxidation sites excluding steroid dienone is 1. The molecule has 1 aromatic carbocycles. The summed E-state index contributed by atoms with van der Waals surface area (Å²) in [6.07, 6.45) is 1.23. The van der Waals surface area contributed by atoms with E-state index in [1.165, 1.54) is 10.8 Å². The number of carbonyl (C=O) groups is 1. The molecule has 1 heterocycles. The maximum absolute atomic E-state index is 12.8. The molecule has 0 aliphatic heterocycles. The second kappa shape index (κ2) is 7.68. The van der Waals surface area contributed by atoms with E-state index in [2.05, 4.69) is 0 Å². The van der Waals surface area contributed by atoms with Gasteiger partial charge in [-0.1, -0.05) is 18.2 Å². The molecule has 2 rings (SSSR count). The number of carbonyl (C=O) groups excluding carboxylic acids is 1. The highest BCUT2D eigenvalue weighted by Crippen LogP contribution is 2.12. The van der Waals surface area contributed by atoms with E-state index in [0.29, 0.717) is 24.6 Å². The number of ether oxygens (including phenoxy) is 2. The fourth-order valence-electron chi connectivity index (χ4n) is 2.44. The third-order valence-corrected chi connectivity index (χ3v) is 3.62.